The lowest BCUT2D eigenvalue weighted by atomic mass is 10.3. The highest BCUT2D eigenvalue weighted by molar-refractivity contribution is 5.46. The summed E-state index contributed by atoms with van der Waals surface area (Å²) in [5.74, 6) is 1.82. The molecule has 7 nitrogen and oxygen atoms in total. The van der Waals surface area contributed by atoms with E-state index in [0.717, 1.165) is 56.4 Å². The van der Waals surface area contributed by atoms with Gasteiger partial charge in [0.2, 0.25) is 5.95 Å². The zero-order chi connectivity index (χ0) is 16.4. The lowest BCUT2D eigenvalue weighted by Crippen LogP contribution is -2.32. The second-order valence-electron chi connectivity index (χ2n) is 5.99. The molecule has 124 valence electrons. The van der Waals surface area contributed by atoms with Crippen LogP contribution < -0.4 is 9.80 Å². The molecule has 1 aliphatic rings. The quantitative estimate of drug-likeness (QED) is 0.732. The van der Waals surface area contributed by atoms with Crippen LogP contribution in [-0.4, -0.2) is 50.7 Å². The minimum absolute atomic E-state index is 0.826. The van der Waals surface area contributed by atoms with Crippen molar-refractivity contribution in [2.24, 2.45) is 0 Å². The Labute approximate surface area is 141 Å². The van der Waals surface area contributed by atoms with Crippen LogP contribution >= 0.6 is 0 Å². The Kier molecular flexibility index (Phi) is 3.98. The third kappa shape index (κ3) is 2.89. The highest BCUT2D eigenvalue weighted by Gasteiger charge is 2.18. The lowest BCUT2D eigenvalue weighted by Gasteiger charge is -2.22. The van der Waals surface area contributed by atoms with Crippen molar-refractivity contribution in [3.05, 3.63) is 42.5 Å². The summed E-state index contributed by atoms with van der Waals surface area (Å²) in [5, 5.41) is 4.65. The fourth-order valence-corrected chi connectivity index (χ4v) is 3.01. The molecule has 0 radical (unpaired) electrons. The topological polar surface area (TPSA) is 62.5 Å². The number of anilines is 2. The molecule has 0 bridgehead atoms. The Hall–Kier alpha value is -2.70. The molecule has 4 heterocycles. The molecule has 0 aliphatic carbocycles. The van der Waals surface area contributed by atoms with Gasteiger partial charge in [0.15, 0.2) is 5.65 Å². The van der Waals surface area contributed by atoms with Crippen LogP contribution in [0.5, 0.6) is 0 Å². The maximum Gasteiger partial charge on any atom is 0.225 e. The minimum atomic E-state index is 0.826. The van der Waals surface area contributed by atoms with Gasteiger partial charge in [-0.1, -0.05) is 6.92 Å². The van der Waals surface area contributed by atoms with Crippen molar-refractivity contribution in [3.8, 4) is 0 Å². The molecular weight excluding hydrogens is 302 g/mol. The van der Waals surface area contributed by atoms with Crippen LogP contribution in [0.3, 0.4) is 0 Å². The number of hydrogen-bond donors (Lipinski definition) is 0. The molecule has 3 aromatic rings. The number of imidazole rings is 1. The SMILES string of the molecule is CCc1cnc(N2CCCN(c3ccc4nccn4n3)CC2)nc1. The minimum Gasteiger partial charge on any atom is -0.353 e. The van der Waals surface area contributed by atoms with Crippen molar-refractivity contribution in [2.75, 3.05) is 36.0 Å². The van der Waals surface area contributed by atoms with Crippen molar-refractivity contribution < 1.29 is 0 Å². The smallest absolute Gasteiger partial charge is 0.225 e. The molecule has 1 saturated heterocycles. The standard InChI is InChI=1S/C17H21N7/c1-2-14-12-19-17(20-13-14)23-8-3-7-22(10-11-23)16-5-4-15-18-6-9-24(15)21-16/h4-6,9,12-13H,2-3,7-8,10-11H2,1H3. The van der Waals surface area contributed by atoms with E-state index in [9.17, 15) is 0 Å². The third-order valence-corrected chi connectivity index (χ3v) is 4.44. The largest absolute Gasteiger partial charge is 0.353 e. The molecular formula is C17H21N7. The summed E-state index contributed by atoms with van der Waals surface area (Å²) in [6, 6.07) is 4.06. The second-order valence-corrected chi connectivity index (χ2v) is 5.99. The third-order valence-electron chi connectivity index (χ3n) is 4.44. The van der Waals surface area contributed by atoms with E-state index in [2.05, 4.69) is 36.8 Å². The maximum absolute atomic E-state index is 4.65. The van der Waals surface area contributed by atoms with Gasteiger partial charge in [0.25, 0.3) is 0 Å². The summed E-state index contributed by atoms with van der Waals surface area (Å²) in [6.45, 7) is 5.87. The molecule has 0 saturated carbocycles. The lowest BCUT2D eigenvalue weighted by molar-refractivity contribution is 0.775. The van der Waals surface area contributed by atoms with Gasteiger partial charge in [-0.05, 0) is 30.5 Å². The van der Waals surface area contributed by atoms with Crippen LogP contribution in [0, 0.1) is 0 Å². The first-order chi connectivity index (χ1) is 11.8. The predicted octanol–water partition coefficient (Wildman–Crippen LogP) is 1.80. The first kappa shape index (κ1) is 14.9. The summed E-state index contributed by atoms with van der Waals surface area (Å²) in [7, 11) is 0. The zero-order valence-corrected chi connectivity index (χ0v) is 13.8. The van der Waals surface area contributed by atoms with Crippen molar-refractivity contribution in [2.45, 2.75) is 19.8 Å². The second kappa shape index (κ2) is 6.43. The van der Waals surface area contributed by atoms with Crippen molar-refractivity contribution in [1.82, 2.24) is 24.6 Å². The van der Waals surface area contributed by atoms with Gasteiger partial charge in [-0.3, -0.25) is 0 Å². The number of rotatable bonds is 3. The van der Waals surface area contributed by atoms with Gasteiger partial charge in [-0.25, -0.2) is 19.5 Å². The Balaban J connectivity index is 1.48. The van der Waals surface area contributed by atoms with E-state index in [1.807, 2.05) is 35.2 Å². The number of nitrogens with zero attached hydrogens (tertiary/aromatic N) is 7. The number of hydrogen-bond acceptors (Lipinski definition) is 6. The highest BCUT2D eigenvalue weighted by Crippen LogP contribution is 2.16. The van der Waals surface area contributed by atoms with Crippen LogP contribution in [0.1, 0.15) is 18.9 Å². The first-order valence-electron chi connectivity index (χ1n) is 8.44. The summed E-state index contributed by atoms with van der Waals surface area (Å²) in [6.07, 6.45) is 9.54. The summed E-state index contributed by atoms with van der Waals surface area (Å²) >= 11 is 0. The molecule has 0 aromatic carbocycles. The molecule has 4 rings (SSSR count). The molecule has 1 aliphatic heterocycles. The number of fused-ring (bicyclic) bond motifs is 1. The Morgan fingerprint density at radius 1 is 0.958 bits per heavy atom. The Bertz CT molecular complexity index is 811. The van der Waals surface area contributed by atoms with E-state index >= 15 is 0 Å². The highest BCUT2D eigenvalue weighted by atomic mass is 15.3. The van der Waals surface area contributed by atoms with Gasteiger partial charge < -0.3 is 9.80 Å². The van der Waals surface area contributed by atoms with Crippen LogP contribution in [0.2, 0.25) is 0 Å². The fourth-order valence-electron chi connectivity index (χ4n) is 3.01. The van der Waals surface area contributed by atoms with Crippen molar-refractivity contribution in [1.29, 1.82) is 0 Å². The molecule has 3 aromatic heterocycles. The van der Waals surface area contributed by atoms with E-state index in [-0.39, 0.29) is 0 Å². The fraction of sp³-hybridized carbons (Fsp3) is 0.412. The van der Waals surface area contributed by atoms with E-state index < -0.39 is 0 Å². The number of aromatic nitrogens is 5. The summed E-state index contributed by atoms with van der Waals surface area (Å²) < 4.78 is 1.82. The van der Waals surface area contributed by atoms with Gasteiger partial charge in [0.1, 0.15) is 5.82 Å². The molecule has 0 unspecified atom stereocenters. The van der Waals surface area contributed by atoms with Crippen LogP contribution in [-0.2, 0) is 6.42 Å². The molecule has 1 fully saturated rings. The van der Waals surface area contributed by atoms with E-state index in [1.165, 1.54) is 5.56 Å². The first-order valence-corrected chi connectivity index (χ1v) is 8.44. The Morgan fingerprint density at radius 2 is 1.75 bits per heavy atom. The van der Waals surface area contributed by atoms with Gasteiger partial charge in [-0.15, -0.1) is 5.10 Å². The van der Waals surface area contributed by atoms with Crippen LogP contribution in [0.25, 0.3) is 5.65 Å². The molecule has 0 N–H and O–H groups in total. The van der Waals surface area contributed by atoms with Gasteiger partial charge in [-0.2, -0.15) is 0 Å². The van der Waals surface area contributed by atoms with Gasteiger partial charge >= 0.3 is 0 Å². The molecule has 7 heteroatoms. The zero-order valence-electron chi connectivity index (χ0n) is 13.8. The van der Waals surface area contributed by atoms with Crippen LogP contribution in [0.4, 0.5) is 11.8 Å². The van der Waals surface area contributed by atoms with E-state index in [1.54, 1.807) is 6.20 Å². The van der Waals surface area contributed by atoms with Crippen molar-refractivity contribution >= 4 is 17.4 Å². The van der Waals surface area contributed by atoms with E-state index in [4.69, 9.17) is 0 Å². The molecule has 24 heavy (non-hydrogen) atoms. The molecule has 0 atom stereocenters. The average Bonchev–Trinajstić information content (AvgIpc) is 2.96. The van der Waals surface area contributed by atoms with Gasteiger partial charge in [0, 0.05) is 51.0 Å². The molecule has 0 spiro atoms. The summed E-state index contributed by atoms with van der Waals surface area (Å²) in [4.78, 5) is 17.9. The van der Waals surface area contributed by atoms with Gasteiger partial charge in [0.05, 0.1) is 0 Å². The molecule has 0 amide bonds. The van der Waals surface area contributed by atoms with E-state index in [0.29, 0.717) is 0 Å². The predicted molar refractivity (Wildman–Crippen MR) is 93.4 cm³/mol. The Morgan fingerprint density at radius 3 is 2.58 bits per heavy atom. The average molecular weight is 323 g/mol. The van der Waals surface area contributed by atoms with Crippen molar-refractivity contribution in [3.63, 3.8) is 0 Å². The monoisotopic (exact) mass is 323 g/mol. The van der Waals surface area contributed by atoms with Crippen LogP contribution in [0.15, 0.2) is 36.9 Å². The maximum atomic E-state index is 4.65. The summed E-state index contributed by atoms with van der Waals surface area (Å²) in [5.41, 5.74) is 2.05. The normalized spacial score (nSPS) is 15.7. The number of aryl methyl sites for hydroxylation is 1.